The number of nitrogens with zero attached hydrogens (tertiary/aromatic N) is 4. The smallest absolute Gasteiger partial charge is 0.160 e. The van der Waals surface area contributed by atoms with Crippen molar-refractivity contribution < 1.29 is 8.78 Å². The fourth-order valence-corrected chi connectivity index (χ4v) is 4.39. The number of rotatable bonds is 6. The summed E-state index contributed by atoms with van der Waals surface area (Å²) in [5, 5.41) is 0. The Morgan fingerprint density at radius 3 is 2.37 bits per heavy atom. The van der Waals surface area contributed by atoms with E-state index in [1.54, 1.807) is 6.07 Å². The first-order chi connectivity index (χ1) is 12.9. The summed E-state index contributed by atoms with van der Waals surface area (Å²) in [5.74, 6) is -1.53. The number of halogens is 2. The lowest BCUT2D eigenvalue weighted by Gasteiger charge is -2.44. The third-order valence-corrected chi connectivity index (χ3v) is 6.20. The molecule has 1 unspecified atom stereocenters. The van der Waals surface area contributed by atoms with Gasteiger partial charge in [-0.3, -0.25) is 4.90 Å². The molecule has 1 aromatic carbocycles. The molecule has 152 valence electrons. The molecule has 6 heteroatoms. The van der Waals surface area contributed by atoms with Crippen LogP contribution in [-0.2, 0) is 0 Å². The van der Waals surface area contributed by atoms with Crippen molar-refractivity contribution in [2.75, 3.05) is 65.3 Å². The number of benzene rings is 1. The Balaban J connectivity index is 1.50. The summed E-state index contributed by atoms with van der Waals surface area (Å²) in [5.41, 5.74) is 0.798. The molecule has 4 nitrogen and oxygen atoms in total. The molecule has 0 aromatic heterocycles. The van der Waals surface area contributed by atoms with E-state index < -0.39 is 11.6 Å². The number of likely N-dealkylation sites (N-methyl/N-ethyl adjacent to an activating group) is 2. The van der Waals surface area contributed by atoms with Gasteiger partial charge in [0, 0.05) is 56.6 Å². The van der Waals surface area contributed by atoms with E-state index in [0.29, 0.717) is 12.1 Å². The van der Waals surface area contributed by atoms with Crippen LogP contribution in [0, 0.1) is 11.6 Å². The van der Waals surface area contributed by atoms with Gasteiger partial charge in [-0.15, -0.1) is 0 Å². The quantitative estimate of drug-likeness (QED) is 0.752. The highest BCUT2D eigenvalue weighted by molar-refractivity contribution is 5.47. The molecule has 2 heterocycles. The number of piperidine rings is 2. The molecular weight excluding hydrogens is 346 g/mol. The Morgan fingerprint density at radius 2 is 1.70 bits per heavy atom. The van der Waals surface area contributed by atoms with Gasteiger partial charge in [0.05, 0.1) is 0 Å². The predicted molar refractivity (Wildman–Crippen MR) is 107 cm³/mol. The topological polar surface area (TPSA) is 13.0 Å². The second kappa shape index (κ2) is 9.30. The van der Waals surface area contributed by atoms with Crippen LogP contribution in [0.2, 0.25) is 0 Å². The van der Waals surface area contributed by atoms with Crippen LogP contribution in [0.3, 0.4) is 0 Å². The molecule has 3 rings (SSSR count). The van der Waals surface area contributed by atoms with Gasteiger partial charge in [-0.1, -0.05) is 0 Å². The normalized spacial score (nSPS) is 22.8. The van der Waals surface area contributed by atoms with Crippen LogP contribution in [0.5, 0.6) is 0 Å². The maximum atomic E-state index is 13.5. The van der Waals surface area contributed by atoms with Crippen molar-refractivity contribution in [2.24, 2.45) is 0 Å². The second-order valence-corrected chi connectivity index (χ2v) is 8.39. The van der Waals surface area contributed by atoms with E-state index in [4.69, 9.17) is 0 Å². The van der Waals surface area contributed by atoms with Crippen LogP contribution >= 0.6 is 0 Å². The lowest BCUT2D eigenvalue weighted by Crippen LogP contribution is -2.53. The Morgan fingerprint density at radius 1 is 0.963 bits per heavy atom. The molecule has 0 aliphatic carbocycles. The lowest BCUT2D eigenvalue weighted by molar-refractivity contribution is 0.0717. The first kappa shape index (κ1) is 20.5. The highest BCUT2D eigenvalue weighted by Gasteiger charge is 2.30. The average molecular weight is 381 g/mol. The Hall–Kier alpha value is -1.24. The van der Waals surface area contributed by atoms with Crippen molar-refractivity contribution in [3.8, 4) is 0 Å². The maximum Gasteiger partial charge on any atom is 0.160 e. The number of anilines is 1. The maximum absolute atomic E-state index is 13.5. The van der Waals surface area contributed by atoms with E-state index in [2.05, 4.69) is 40.7 Å². The van der Waals surface area contributed by atoms with Crippen molar-refractivity contribution in [3.63, 3.8) is 0 Å². The molecular formula is C21H34F2N4. The van der Waals surface area contributed by atoms with Crippen LogP contribution in [0.15, 0.2) is 18.2 Å². The zero-order valence-corrected chi connectivity index (χ0v) is 17.0. The molecule has 0 bridgehead atoms. The van der Waals surface area contributed by atoms with Crippen molar-refractivity contribution in [3.05, 3.63) is 29.8 Å². The zero-order valence-electron chi connectivity index (χ0n) is 17.0. The molecule has 0 N–H and O–H groups in total. The van der Waals surface area contributed by atoms with E-state index in [9.17, 15) is 8.78 Å². The summed E-state index contributed by atoms with van der Waals surface area (Å²) in [4.78, 5) is 9.61. The van der Waals surface area contributed by atoms with Gasteiger partial charge in [-0.2, -0.15) is 0 Å². The Bertz CT molecular complexity index is 602. The van der Waals surface area contributed by atoms with Crippen molar-refractivity contribution in [1.82, 2.24) is 14.7 Å². The highest BCUT2D eigenvalue weighted by Crippen LogP contribution is 2.26. The van der Waals surface area contributed by atoms with Gasteiger partial charge in [0.15, 0.2) is 11.6 Å². The second-order valence-electron chi connectivity index (χ2n) is 8.39. The van der Waals surface area contributed by atoms with Crippen LogP contribution < -0.4 is 4.90 Å². The van der Waals surface area contributed by atoms with Gasteiger partial charge >= 0.3 is 0 Å². The molecule has 2 fully saturated rings. The van der Waals surface area contributed by atoms with Crippen molar-refractivity contribution in [2.45, 2.75) is 37.8 Å². The summed E-state index contributed by atoms with van der Waals surface area (Å²) in [6, 6.07) is 5.50. The van der Waals surface area contributed by atoms with E-state index in [-0.39, 0.29) is 0 Å². The minimum atomic E-state index is -0.772. The first-order valence-corrected chi connectivity index (χ1v) is 10.2. The molecule has 0 saturated carbocycles. The standard InChI is InChI=1S/C21H34F2N4/c1-24(2)13-14-25(3)19-5-4-10-27(16-19)17-8-11-26(12-9-17)18-6-7-20(22)21(23)15-18/h6-7,15,17,19H,4-5,8-14,16H2,1-3H3. The van der Waals surface area contributed by atoms with E-state index in [1.807, 2.05) is 0 Å². The van der Waals surface area contributed by atoms with Gasteiger partial charge in [0.25, 0.3) is 0 Å². The first-order valence-electron chi connectivity index (χ1n) is 10.2. The van der Waals surface area contributed by atoms with Gasteiger partial charge < -0.3 is 14.7 Å². The van der Waals surface area contributed by atoms with Crippen LogP contribution in [-0.4, -0.2) is 87.2 Å². The molecule has 2 aliphatic heterocycles. The minimum Gasteiger partial charge on any atom is -0.371 e. The average Bonchev–Trinajstić information content (AvgIpc) is 2.68. The molecule has 27 heavy (non-hydrogen) atoms. The molecule has 0 spiro atoms. The van der Waals surface area contributed by atoms with Crippen LogP contribution in [0.1, 0.15) is 25.7 Å². The molecule has 2 saturated heterocycles. The summed E-state index contributed by atoms with van der Waals surface area (Å²) in [7, 11) is 6.51. The van der Waals surface area contributed by atoms with Crippen molar-refractivity contribution in [1.29, 1.82) is 0 Å². The number of hydrogen-bond acceptors (Lipinski definition) is 4. The summed E-state index contributed by atoms with van der Waals surface area (Å²) in [6.07, 6.45) is 4.73. The van der Waals surface area contributed by atoms with E-state index in [0.717, 1.165) is 51.3 Å². The van der Waals surface area contributed by atoms with Gasteiger partial charge in [-0.05, 0) is 65.5 Å². The third-order valence-electron chi connectivity index (χ3n) is 6.20. The Kier molecular flexibility index (Phi) is 7.06. The molecule has 0 amide bonds. The molecule has 1 atom stereocenters. The van der Waals surface area contributed by atoms with Crippen LogP contribution in [0.4, 0.5) is 14.5 Å². The fraction of sp³-hybridized carbons (Fsp3) is 0.714. The fourth-order valence-electron chi connectivity index (χ4n) is 4.39. The largest absolute Gasteiger partial charge is 0.371 e. The number of hydrogen-bond donors (Lipinski definition) is 0. The zero-order chi connectivity index (χ0) is 19.4. The highest BCUT2D eigenvalue weighted by atomic mass is 19.2. The Labute approximate surface area is 162 Å². The summed E-state index contributed by atoms with van der Waals surface area (Å²) < 4.78 is 26.7. The van der Waals surface area contributed by atoms with E-state index >= 15 is 0 Å². The summed E-state index contributed by atoms with van der Waals surface area (Å²) in [6.45, 7) is 6.37. The SMILES string of the molecule is CN(C)CCN(C)C1CCCN(C2CCN(c3ccc(F)c(F)c3)CC2)C1. The van der Waals surface area contributed by atoms with Gasteiger partial charge in [0.1, 0.15) is 0 Å². The minimum absolute atomic E-state index is 0.608. The molecule has 0 radical (unpaired) electrons. The van der Waals surface area contributed by atoms with Crippen LogP contribution in [0.25, 0.3) is 0 Å². The van der Waals surface area contributed by atoms with Crippen molar-refractivity contribution >= 4 is 5.69 Å². The van der Waals surface area contributed by atoms with Gasteiger partial charge in [-0.25, -0.2) is 8.78 Å². The molecule has 1 aromatic rings. The number of likely N-dealkylation sites (tertiary alicyclic amines) is 1. The predicted octanol–water partition coefficient (Wildman–Crippen LogP) is 2.89. The summed E-state index contributed by atoms with van der Waals surface area (Å²) >= 11 is 0. The lowest BCUT2D eigenvalue weighted by atomic mass is 9.97. The van der Waals surface area contributed by atoms with E-state index in [1.165, 1.54) is 31.5 Å². The third kappa shape index (κ3) is 5.39. The van der Waals surface area contributed by atoms with Gasteiger partial charge in [0.2, 0.25) is 0 Å². The molecule has 2 aliphatic rings. The monoisotopic (exact) mass is 380 g/mol.